The molecule has 0 aromatic heterocycles. The van der Waals surface area contributed by atoms with Crippen LogP contribution in [0.4, 0.5) is 10.5 Å². The first kappa shape index (κ1) is 20.1. The molecular weight excluding hydrogens is 410 g/mol. The van der Waals surface area contributed by atoms with Crippen LogP contribution in [-0.2, 0) is 16.0 Å². The molecule has 0 radical (unpaired) electrons. The number of rotatable bonds is 2. The minimum Gasteiger partial charge on any atom is -0.444 e. The molecule has 1 fully saturated rings. The molecule has 3 rings (SSSR count). The van der Waals surface area contributed by atoms with E-state index in [4.69, 9.17) is 4.74 Å². The van der Waals surface area contributed by atoms with Crippen molar-refractivity contribution in [1.82, 2.24) is 9.80 Å². The van der Waals surface area contributed by atoms with Gasteiger partial charge in [0.25, 0.3) is 0 Å². The molecule has 0 N–H and O–H groups in total. The molecule has 0 aliphatic carbocycles. The van der Waals surface area contributed by atoms with Gasteiger partial charge in [-0.3, -0.25) is 9.69 Å². The second-order valence-corrected chi connectivity index (χ2v) is 9.24. The number of anilines is 1. The van der Waals surface area contributed by atoms with Gasteiger partial charge in [0.15, 0.2) is 0 Å². The Bertz CT molecular complexity index is 732. The monoisotopic (exact) mass is 437 g/mol. The summed E-state index contributed by atoms with van der Waals surface area (Å²) in [6.07, 6.45) is 0.622. The molecule has 2 aliphatic rings. The molecule has 0 spiro atoms. The zero-order valence-corrected chi connectivity index (χ0v) is 18.1. The Kier molecular flexibility index (Phi) is 5.82. The maximum atomic E-state index is 12.9. The Morgan fingerprint density at radius 2 is 1.96 bits per heavy atom. The quantitative estimate of drug-likeness (QED) is 0.712. The van der Waals surface area contributed by atoms with Crippen molar-refractivity contribution in [3.63, 3.8) is 0 Å². The smallest absolute Gasteiger partial charge is 0.410 e. The summed E-state index contributed by atoms with van der Waals surface area (Å²) in [7, 11) is 0. The summed E-state index contributed by atoms with van der Waals surface area (Å²) in [4.78, 5) is 31.0. The van der Waals surface area contributed by atoms with Crippen LogP contribution < -0.4 is 4.90 Å². The number of carbonyl (C=O) groups excluding carboxylic acids is 2. The molecule has 0 unspecified atom stereocenters. The van der Waals surface area contributed by atoms with E-state index in [1.165, 1.54) is 5.56 Å². The number of hydrogen-bond donors (Lipinski definition) is 0. The van der Waals surface area contributed by atoms with Crippen LogP contribution in [0.1, 0.15) is 33.3 Å². The van der Waals surface area contributed by atoms with Gasteiger partial charge in [-0.05, 0) is 51.8 Å². The number of nitrogens with zero attached hydrogens (tertiary/aromatic N) is 3. The fourth-order valence-electron chi connectivity index (χ4n) is 3.66. The summed E-state index contributed by atoms with van der Waals surface area (Å²) >= 11 is 3.49. The Morgan fingerprint density at radius 1 is 1.22 bits per heavy atom. The molecule has 1 aromatic carbocycles. The largest absolute Gasteiger partial charge is 0.444 e. The van der Waals surface area contributed by atoms with E-state index in [0.29, 0.717) is 26.2 Å². The van der Waals surface area contributed by atoms with Crippen LogP contribution in [0.5, 0.6) is 0 Å². The molecule has 0 saturated carbocycles. The van der Waals surface area contributed by atoms with Crippen molar-refractivity contribution in [2.75, 3.05) is 37.6 Å². The molecule has 0 bridgehead atoms. The van der Waals surface area contributed by atoms with Crippen LogP contribution in [-0.4, -0.2) is 66.2 Å². The molecule has 2 aliphatic heterocycles. The molecule has 2 amide bonds. The Balaban J connectivity index is 1.57. The summed E-state index contributed by atoms with van der Waals surface area (Å²) in [5, 5.41) is 0. The van der Waals surface area contributed by atoms with Gasteiger partial charge in [-0.25, -0.2) is 4.79 Å². The number of benzene rings is 1. The highest BCUT2D eigenvalue weighted by Crippen LogP contribution is 2.31. The second-order valence-electron chi connectivity index (χ2n) is 8.33. The molecule has 1 atom stereocenters. The van der Waals surface area contributed by atoms with Crippen molar-refractivity contribution < 1.29 is 14.3 Å². The van der Waals surface area contributed by atoms with Gasteiger partial charge in [0.05, 0.1) is 6.54 Å². The molecule has 1 saturated heterocycles. The Hall–Kier alpha value is -1.60. The lowest BCUT2D eigenvalue weighted by Gasteiger charge is -2.40. The zero-order valence-electron chi connectivity index (χ0n) is 16.5. The highest BCUT2D eigenvalue weighted by atomic mass is 79.9. The molecule has 6 nitrogen and oxygen atoms in total. The van der Waals surface area contributed by atoms with Gasteiger partial charge < -0.3 is 14.5 Å². The SMILES string of the molecule is C[C@@H]1CN(CC(=O)N2CCc3ccc(Br)cc32)CCN1C(=O)OC(C)(C)C. The predicted molar refractivity (Wildman–Crippen MR) is 109 cm³/mol. The summed E-state index contributed by atoms with van der Waals surface area (Å²) < 4.78 is 6.47. The zero-order chi connectivity index (χ0) is 19.8. The number of piperazine rings is 1. The standard InChI is InChI=1S/C20H28BrN3O3/c1-14-12-22(9-10-23(14)19(26)27-20(2,3)4)13-18(25)24-8-7-15-5-6-16(21)11-17(15)24/h5-6,11,14H,7-10,12-13H2,1-4H3/t14-/m1/s1. The first-order chi connectivity index (χ1) is 12.6. The number of fused-ring (bicyclic) bond motifs is 1. The predicted octanol–water partition coefficient (Wildman–Crippen LogP) is 3.28. The van der Waals surface area contributed by atoms with E-state index in [0.717, 1.165) is 23.1 Å². The van der Waals surface area contributed by atoms with Crippen molar-refractivity contribution in [3.05, 3.63) is 28.2 Å². The molecule has 148 valence electrons. The van der Waals surface area contributed by atoms with Crippen molar-refractivity contribution >= 4 is 33.6 Å². The highest BCUT2D eigenvalue weighted by Gasteiger charge is 2.33. The third-order valence-electron chi connectivity index (χ3n) is 4.94. The van der Waals surface area contributed by atoms with Crippen molar-refractivity contribution in [3.8, 4) is 0 Å². The van der Waals surface area contributed by atoms with Crippen LogP contribution in [0.2, 0.25) is 0 Å². The van der Waals surface area contributed by atoms with Gasteiger partial charge in [0, 0.05) is 42.4 Å². The van der Waals surface area contributed by atoms with Crippen LogP contribution in [0.25, 0.3) is 0 Å². The van der Waals surface area contributed by atoms with E-state index < -0.39 is 5.60 Å². The van der Waals surface area contributed by atoms with Gasteiger partial charge >= 0.3 is 6.09 Å². The van der Waals surface area contributed by atoms with E-state index in [1.807, 2.05) is 44.7 Å². The van der Waals surface area contributed by atoms with E-state index in [-0.39, 0.29) is 18.0 Å². The molecule has 7 heteroatoms. The number of ether oxygens (including phenoxy) is 1. The average molecular weight is 438 g/mol. The van der Waals surface area contributed by atoms with Gasteiger partial charge in [-0.1, -0.05) is 22.0 Å². The number of carbonyl (C=O) groups is 2. The Labute approximate surface area is 169 Å². The van der Waals surface area contributed by atoms with Gasteiger partial charge in [-0.2, -0.15) is 0 Å². The number of halogens is 1. The molecule has 27 heavy (non-hydrogen) atoms. The fourth-order valence-corrected chi connectivity index (χ4v) is 4.01. The summed E-state index contributed by atoms with van der Waals surface area (Å²) in [6, 6.07) is 6.13. The minimum atomic E-state index is -0.499. The van der Waals surface area contributed by atoms with Gasteiger partial charge in [0.2, 0.25) is 5.91 Å². The van der Waals surface area contributed by atoms with Crippen LogP contribution in [0, 0.1) is 0 Å². The lowest BCUT2D eigenvalue weighted by Crippen LogP contribution is -2.56. The lowest BCUT2D eigenvalue weighted by atomic mass is 10.2. The third-order valence-corrected chi connectivity index (χ3v) is 5.44. The maximum Gasteiger partial charge on any atom is 0.410 e. The summed E-state index contributed by atoms with van der Waals surface area (Å²) in [5.41, 5.74) is 1.73. The lowest BCUT2D eigenvalue weighted by molar-refractivity contribution is -0.120. The van der Waals surface area contributed by atoms with E-state index in [1.54, 1.807) is 4.90 Å². The van der Waals surface area contributed by atoms with Gasteiger partial charge in [0.1, 0.15) is 5.60 Å². The minimum absolute atomic E-state index is 0.0152. The number of amides is 2. The fraction of sp³-hybridized carbons (Fsp3) is 0.600. The Morgan fingerprint density at radius 3 is 2.63 bits per heavy atom. The third kappa shape index (κ3) is 4.82. The topological polar surface area (TPSA) is 53.1 Å². The first-order valence-corrected chi connectivity index (χ1v) is 10.2. The molecule has 1 aromatic rings. The summed E-state index contributed by atoms with van der Waals surface area (Å²) in [6.45, 7) is 10.6. The first-order valence-electron chi connectivity index (χ1n) is 9.45. The normalized spacial score (nSPS) is 20.6. The van der Waals surface area contributed by atoms with E-state index in [9.17, 15) is 9.59 Å². The molecule has 2 heterocycles. The number of hydrogen-bond acceptors (Lipinski definition) is 4. The van der Waals surface area contributed by atoms with Crippen LogP contribution in [0.15, 0.2) is 22.7 Å². The average Bonchev–Trinajstić information content (AvgIpc) is 2.96. The van der Waals surface area contributed by atoms with Crippen molar-refractivity contribution in [1.29, 1.82) is 0 Å². The molecular formula is C20H28BrN3O3. The van der Waals surface area contributed by atoms with Gasteiger partial charge in [-0.15, -0.1) is 0 Å². The van der Waals surface area contributed by atoms with Crippen molar-refractivity contribution in [2.24, 2.45) is 0 Å². The van der Waals surface area contributed by atoms with E-state index >= 15 is 0 Å². The van der Waals surface area contributed by atoms with Crippen LogP contribution in [0.3, 0.4) is 0 Å². The second kappa shape index (κ2) is 7.80. The summed E-state index contributed by atoms with van der Waals surface area (Å²) in [5.74, 6) is 0.116. The maximum absolute atomic E-state index is 12.9. The highest BCUT2D eigenvalue weighted by molar-refractivity contribution is 9.10. The van der Waals surface area contributed by atoms with E-state index in [2.05, 4.69) is 26.9 Å². The van der Waals surface area contributed by atoms with Crippen LogP contribution >= 0.6 is 15.9 Å². The van der Waals surface area contributed by atoms with Crippen molar-refractivity contribution in [2.45, 2.75) is 45.8 Å².